The molecule has 1 unspecified atom stereocenters. The first-order chi connectivity index (χ1) is 11.7. The van der Waals surface area contributed by atoms with Crippen LogP contribution in [-0.4, -0.2) is 41.9 Å². The summed E-state index contributed by atoms with van der Waals surface area (Å²) in [6.45, 7) is 1.06. The second-order valence-corrected chi connectivity index (χ2v) is 5.84. The van der Waals surface area contributed by atoms with E-state index in [1.807, 2.05) is 0 Å². The van der Waals surface area contributed by atoms with Gasteiger partial charge in [-0.25, -0.2) is 0 Å². The molecule has 25 heavy (non-hydrogen) atoms. The molecule has 1 aliphatic heterocycles. The Morgan fingerprint density at radius 2 is 1.80 bits per heavy atom. The number of alkyl halides is 3. The molecule has 1 heterocycles. The van der Waals surface area contributed by atoms with Crippen LogP contribution in [0.25, 0.3) is 0 Å². The van der Waals surface area contributed by atoms with Gasteiger partial charge in [-0.3, -0.25) is 14.4 Å². The number of amides is 3. The predicted molar refractivity (Wildman–Crippen MR) is 84.7 cm³/mol. The highest BCUT2D eigenvalue weighted by atomic mass is 19.4. The second kappa shape index (κ2) is 7.54. The first-order valence-electron chi connectivity index (χ1n) is 7.71. The topological polar surface area (TPSA) is 78.5 Å². The maximum atomic E-state index is 12.5. The molecule has 2 N–H and O–H groups in total. The highest BCUT2D eigenvalue weighted by Gasteiger charge is 2.44. The van der Waals surface area contributed by atoms with Crippen LogP contribution in [0, 0.1) is 5.92 Å². The number of carbonyl (C=O) groups excluding carboxylic acids is 3. The molecule has 1 saturated heterocycles. The average Bonchev–Trinajstić information content (AvgIpc) is 2.53. The molecule has 1 atom stereocenters. The SMILES string of the molecule is CC(=O)Nc1cccc(NC(=O)C2CCCN(C(=O)C(F)(F)F)C2)c1. The Morgan fingerprint density at radius 3 is 2.40 bits per heavy atom. The van der Waals surface area contributed by atoms with Crippen LogP contribution < -0.4 is 10.6 Å². The van der Waals surface area contributed by atoms with Crippen molar-refractivity contribution in [2.45, 2.75) is 25.9 Å². The highest BCUT2D eigenvalue weighted by Crippen LogP contribution is 2.25. The van der Waals surface area contributed by atoms with Crippen molar-refractivity contribution in [3.63, 3.8) is 0 Å². The number of likely N-dealkylation sites (tertiary alicyclic amines) is 1. The van der Waals surface area contributed by atoms with Crippen molar-refractivity contribution < 1.29 is 27.6 Å². The van der Waals surface area contributed by atoms with E-state index in [1.165, 1.54) is 6.92 Å². The fourth-order valence-corrected chi connectivity index (χ4v) is 2.68. The maximum Gasteiger partial charge on any atom is 0.471 e. The van der Waals surface area contributed by atoms with Crippen LogP contribution in [0.15, 0.2) is 24.3 Å². The van der Waals surface area contributed by atoms with Crippen LogP contribution in [0.2, 0.25) is 0 Å². The van der Waals surface area contributed by atoms with Crippen LogP contribution in [0.1, 0.15) is 19.8 Å². The zero-order valence-corrected chi connectivity index (χ0v) is 13.5. The van der Waals surface area contributed by atoms with Gasteiger partial charge in [-0.05, 0) is 31.0 Å². The summed E-state index contributed by atoms with van der Waals surface area (Å²) >= 11 is 0. The van der Waals surface area contributed by atoms with Gasteiger partial charge in [0.25, 0.3) is 0 Å². The van der Waals surface area contributed by atoms with Gasteiger partial charge < -0.3 is 15.5 Å². The molecule has 0 saturated carbocycles. The summed E-state index contributed by atoms with van der Waals surface area (Å²) in [4.78, 5) is 35.3. The molecule has 0 spiro atoms. The Labute approximate surface area is 142 Å². The lowest BCUT2D eigenvalue weighted by Gasteiger charge is -2.32. The summed E-state index contributed by atoms with van der Waals surface area (Å²) < 4.78 is 37.6. The number of nitrogens with one attached hydrogen (secondary N) is 2. The van der Waals surface area contributed by atoms with E-state index >= 15 is 0 Å². The lowest BCUT2D eigenvalue weighted by atomic mass is 9.97. The Balaban J connectivity index is 2.01. The molecular weight excluding hydrogens is 339 g/mol. The number of halogens is 3. The Hall–Kier alpha value is -2.58. The Kier molecular flexibility index (Phi) is 5.66. The van der Waals surface area contributed by atoms with Gasteiger partial charge in [-0.1, -0.05) is 6.07 Å². The van der Waals surface area contributed by atoms with E-state index in [9.17, 15) is 27.6 Å². The summed E-state index contributed by atoms with van der Waals surface area (Å²) in [6, 6.07) is 6.41. The molecule has 0 aromatic heterocycles. The molecule has 9 heteroatoms. The zero-order chi connectivity index (χ0) is 18.6. The lowest BCUT2D eigenvalue weighted by molar-refractivity contribution is -0.187. The third kappa shape index (κ3) is 5.20. The first kappa shape index (κ1) is 18.8. The molecule has 0 aliphatic carbocycles. The number of hydrogen-bond acceptors (Lipinski definition) is 3. The number of anilines is 2. The number of rotatable bonds is 3. The van der Waals surface area contributed by atoms with Crippen molar-refractivity contribution in [3.8, 4) is 0 Å². The summed E-state index contributed by atoms with van der Waals surface area (Å²) in [5.41, 5.74) is 0.901. The van der Waals surface area contributed by atoms with Gasteiger partial charge in [0.1, 0.15) is 0 Å². The average molecular weight is 357 g/mol. The van der Waals surface area contributed by atoms with E-state index < -0.39 is 23.9 Å². The number of nitrogens with zero attached hydrogens (tertiary/aromatic N) is 1. The quantitative estimate of drug-likeness (QED) is 0.872. The van der Waals surface area contributed by atoms with Crippen LogP contribution in [-0.2, 0) is 14.4 Å². The minimum Gasteiger partial charge on any atom is -0.334 e. The molecule has 136 valence electrons. The number of benzene rings is 1. The minimum absolute atomic E-state index is 0.0137. The molecule has 1 aromatic carbocycles. The molecule has 0 radical (unpaired) electrons. The van der Waals surface area contributed by atoms with E-state index in [0.717, 1.165) is 0 Å². The third-order valence-electron chi connectivity index (χ3n) is 3.77. The summed E-state index contributed by atoms with van der Waals surface area (Å²) in [5.74, 6) is -3.36. The van der Waals surface area contributed by atoms with Crippen molar-refractivity contribution in [2.24, 2.45) is 5.92 Å². The summed E-state index contributed by atoms with van der Waals surface area (Å²) in [5, 5.41) is 5.18. The molecule has 3 amide bonds. The Bertz CT molecular complexity index is 676. The van der Waals surface area contributed by atoms with Gasteiger partial charge in [0.15, 0.2) is 0 Å². The second-order valence-electron chi connectivity index (χ2n) is 5.84. The summed E-state index contributed by atoms with van der Waals surface area (Å²) in [7, 11) is 0. The maximum absolute atomic E-state index is 12.5. The Morgan fingerprint density at radius 1 is 1.16 bits per heavy atom. The lowest BCUT2D eigenvalue weighted by Crippen LogP contribution is -2.48. The number of carbonyl (C=O) groups is 3. The number of hydrogen-bond donors (Lipinski definition) is 2. The van der Waals surface area contributed by atoms with E-state index in [2.05, 4.69) is 10.6 Å². The van der Waals surface area contributed by atoms with Gasteiger partial charge in [0.05, 0.1) is 5.92 Å². The van der Waals surface area contributed by atoms with Crippen LogP contribution >= 0.6 is 0 Å². The van der Waals surface area contributed by atoms with Crippen molar-refractivity contribution in [1.29, 1.82) is 0 Å². The van der Waals surface area contributed by atoms with Gasteiger partial charge in [0, 0.05) is 31.4 Å². The standard InChI is InChI=1S/C16H18F3N3O3/c1-10(23)20-12-5-2-6-13(8-12)21-14(24)11-4-3-7-22(9-11)15(25)16(17,18)19/h2,5-6,8,11H,3-4,7,9H2,1H3,(H,20,23)(H,21,24). The van der Waals surface area contributed by atoms with Crippen molar-refractivity contribution in [2.75, 3.05) is 23.7 Å². The van der Waals surface area contributed by atoms with Crippen LogP contribution in [0.3, 0.4) is 0 Å². The number of piperidine rings is 1. The largest absolute Gasteiger partial charge is 0.471 e. The molecule has 6 nitrogen and oxygen atoms in total. The van der Waals surface area contributed by atoms with Gasteiger partial charge >= 0.3 is 12.1 Å². The molecule has 0 bridgehead atoms. The monoisotopic (exact) mass is 357 g/mol. The zero-order valence-electron chi connectivity index (χ0n) is 13.5. The van der Waals surface area contributed by atoms with E-state index in [-0.39, 0.29) is 19.0 Å². The molecular formula is C16H18F3N3O3. The van der Waals surface area contributed by atoms with Crippen LogP contribution in [0.4, 0.5) is 24.5 Å². The highest BCUT2D eigenvalue weighted by molar-refractivity contribution is 5.95. The smallest absolute Gasteiger partial charge is 0.334 e. The van der Waals surface area contributed by atoms with Gasteiger partial charge in [0.2, 0.25) is 11.8 Å². The van der Waals surface area contributed by atoms with E-state index in [0.29, 0.717) is 29.1 Å². The fourth-order valence-electron chi connectivity index (χ4n) is 2.68. The fraction of sp³-hybridized carbons (Fsp3) is 0.438. The normalized spacial score (nSPS) is 17.8. The third-order valence-corrected chi connectivity index (χ3v) is 3.77. The molecule has 1 fully saturated rings. The van der Waals surface area contributed by atoms with E-state index in [4.69, 9.17) is 0 Å². The van der Waals surface area contributed by atoms with Gasteiger partial charge in [-0.2, -0.15) is 13.2 Å². The molecule has 1 aliphatic rings. The van der Waals surface area contributed by atoms with E-state index in [1.54, 1.807) is 24.3 Å². The van der Waals surface area contributed by atoms with Crippen molar-refractivity contribution in [3.05, 3.63) is 24.3 Å². The summed E-state index contributed by atoms with van der Waals surface area (Å²) in [6.07, 6.45) is -4.21. The molecule has 1 aromatic rings. The molecule has 2 rings (SSSR count). The minimum atomic E-state index is -4.94. The van der Waals surface area contributed by atoms with Crippen molar-refractivity contribution in [1.82, 2.24) is 4.90 Å². The van der Waals surface area contributed by atoms with Crippen molar-refractivity contribution >= 4 is 29.1 Å². The predicted octanol–water partition coefficient (Wildman–Crippen LogP) is 2.38. The first-order valence-corrected chi connectivity index (χ1v) is 7.71. The van der Waals surface area contributed by atoms with Gasteiger partial charge in [-0.15, -0.1) is 0 Å². The van der Waals surface area contributed by atoms with Crippen LogP contribution in [0.5, 0.6) is 0 Å².